The van der Waals surface area contributed by atoms with E-state index in [1.54, 1.807) is 0 Å². The molecule has 1 aromatic carbocycles. The molecule has 1 fully saturated rings. The Morgan fingerprint density at radius 2 is 2.11 bits per heavy atom. The van der Waals surface area contributed by atoms with Gasteiger partial charge in [-0.2, -0.15) is 0 Å². The molecule has 1 aliphatic heterocycles. The Morgan fingerprint density at radius 1 is 1.39 bits per heavy atom. The summed E-state index contributed by atoms with van der Waals surface area (Å²) in [7, 11) is 2.15. The smallest absolute Gasteiger partial charge is 0.0702 e. The summed E-state index contributed by atoms with van der Waals surface area (Å²) in [5.74, 6) is 0. The summed E-state index contributed by atoms with van der Waals surface area (Å²) < 4.78 is 5.60. The number of benzene rings is 1. The minimum absolute atomic E-state index is 0.185. The molecule has 2 N–H and O–H groups in total. The molecule has 1 aromatic rings. The van der Waals surface area contributed by atoms with Crippen LogP contribution in [0, 0.1) is 0 Å². The molecule has 0 radical (unpaired) electrons. The summed E-state index contributed by atoms with van der Waals surface area (Å²) in [4.78, 5) is 2.35. The summed E-state index contributed by atoms with van der Waals surface area (Å²) in [5.41, 5.74) is 7.55. The van der Waals surface area contributed by atoms with Gasteiger partial charge in [-0.05, 0) is 32.4 Å². The van der Waals surface area contributed by atoms with Crippen molar-refractivity contribution in [2.24, 2.45) is 5.73 Å². The number of rotatable bonds is 5. The normalized spacial score (nSPS) is 25.6. The lowest BCUT2D eigenvalue weighted by Gasteiger charge is -2.29. The van der Waals surface area contributed by atoms with Crippen molar-refractivity contribution in [3.8, 4) is 0 Å². The first-order valence-electron chi connectivity index (χ1n) is 6.78. The fourth-order valence-electron chi connectivity index (χ4n) is 2.79. The van der Waals surface area contributed by atoms with E-state index in [1.807, 2.05) is 6.07 Å². The van der Waals surface area contributed by atoms with Crippen molar-refractivity contribution in [2.75, 3.05) is 20.2 Å². The molecule has 3 atom stereocenters. The van der Waals surface area contributed by atoms with Crippen molar-refractivity contribution in [1.82, 2.24) is 4.90 Å². The average molecular weight is 248 g/mol. The van der Waals surface area contributed by atoms with Gasteiger partial charge < -0.3 is 10.5 Å². The predicted molar refractivity (Wildman–Crippen MR) is 74.6 cm³/mol. The molecule has 3 nitrogen and oxygen atoms in total. The minimum atomic E-state index is 0.185. The first-order valence-corrected chi connectivity index (χ1v) is 6.78. The highest BCUT2D eigenvalue weighted by atomic mass is 16.5. The van der Waals surface area contributed by atoms with Gasteiger partial charge in [0.2, 0.25) is 0 Å². The molecule has 0 aromatic heterocycles. The van der Waals surface area contributed by atoms with Crippen LogP contribution in [-0.4, -0.2) is 43.3 Å². The molecular weight excluding hydrogens is 224 g/mol. The third-order valence-electron chi connectivity index (χ3n) is 3.77. The van der Waals surface area contributed by atoms with Gasteiger partial charge >= 0.3 is 0 Å². The van der Waals surface area contributed by atoms with Crippen LogP contribution in [0.5, 0.6) is 0 Å². The second-order valence-electron chi connectivity index (χ2n) is 5.32. The maximum Gasteiger partial charge on any atom is 0.0702 e. The Hall–Kier alpha value is -0.900. The summed E-state index contributed by atoms with van der Waals surface area (Å²) in [6, 6.07) is 11.2. The molecule has 1 saturated heterocycles. The van der Waals surface area contributed by atoms with Gasteiger partial charge in [-0.3, -0.25) is 4.90 Å². The zero-order chi connectivity index (χ0) is 13.0. The standard InChI is InChI=1S/C15H24N2O/c1-12-15(8-9-18-12)17(2)11-14(16)10-13-6-4-3-5-7-13/h3-7,12,14-15H,8-11,16H2,1-2H3/t12?,14-,15?/m1/s1. The van der Waals surface area contributed by atoms with E-state index in [2.05, 4.69) is 43.1 Å². The van der Waals surface area contributed by atoms with Crippen LogP contribution in [0.25, 0.3) is 0 Å². The number of hydrogen-bond acceptors (Lipinski definition) is 3. The van der Waals surface area contributed by atoms with E-state index in [4.69, 9.17) is 10.5 Å². The SMILES string of the molecule is CC1OCCC1N(C)C[C@H](N)Cc1ccccc1. The third-order valence-corrected chi connectivity index (χ3v) is 3.77. The van der Waals surface area contributed by atoms with Crippen LogP contribution >= 0.6 is 0 Å². The van der Waals surface area contributed by atoms with Gasteiger partial charge in [0.25, 0.3) is 0 Å². The van der Waals surface area contributed by atoms with Crippen LogP contribution in [0.3, 0.4) is 0 Å². The maximum atomic E-state index is 6.24. The molecule has 0 spiro atoms. The molecule has 0 amide bonds. The van der Waals surface area contributed by atoms with Crippen molar-refractivity contribution in [3.63, 3.8) is 0 Å². The van der Waals surface area contributed by atoms with E-state index in [9.17, 15) is 0 Å². The van der Waals surface area contributed by atoms with Crippen molar-refractivity contribution in [3.05, 3.63) is 35.9 Å². The van der Waals surface area contributed by atoms with Crippen LogP contribution in [0.2, 0.25) is 0 Å². The van der Waals surface area contributed by atoms with Gasteiger partial charge in [0.1, 0.15) is 0 Å². The Kier molecular flexibility index (Phi) is 4.75. The summed E-state index contributed by atoms with van der Waals surface area (Å²) in [5, 5.41) is 0. The number of ether oxygens (including phenoxy) is 1. The molecule has 2 unspecified atom stereocenters. The van der Waals surface area contributed by atoms with Crippen molar-refractivity contribution in [2.45, 2.75) is 38.0 Å². The van der Waals surface area contributed by atoms with Gasteiger partial charge in [-0.1, -0.05) is 30.3 Å². The number of nitrogens with two attached hydrogens (primary N) is 1. The molecule has 1 heterocycles. The van der Waals surface area contributed by atoms with Crippen LogP contribution in [0.1, 0.15) is 18.9 Å². The minimum Gasteiger partial charge on any atom is -0.377 e. The fraction of sp³-hybridized carbons (Fsp3) is 0.600. The third kappa shape index (κ3) is 3.55. The summed E-state index contributed by atoms with van der Waals surface area (Å²) in [6.07, 6.45) is 2.39. The van der Waals surface area contributed by atoms with Crippen molar-refractivity contribution >= 4 is 0 Å². The topological polar surface area (TPSA) is 38.5 Å². The van der Waals surface area contributed by atoms with Crippen LogP contribution in [-0.2, 0) is 11.2 Å². The van der Waals surface area contributed by atoms with E-state index in [0.717, 1.165) is 26.0 Å². The maximum absolute atomic E-state index is 6.24. The Bertz CT molecular complexity index is 355. The second-order valence-corrected chi connectivity index (χ2v) is 5.32. The lowest BCUT2D eigenvalue weighted by Crippen LogP contribution is -2.44. The lowest BCUT2D eigenvalue weighted by molar-refractivity contribution is 0.0818. The lowest BCUT2D eigenvalue weighted by atomic mass is 10.0. The van der Waals surface area contributed by atoms with Crippen molar-refractivity contribution < 1.29 is 4.74 Å². The first-order chi connectivity index (χ1) is 8.66. The molecule has 100 valence electrons. The highest BCUT2D eigenvalue weighted by Gasteiger charge is 2.28. The molecular formula is C15H24N2O. The van der Waals surface area contributed by atoms with Gasteiger partial charge in [-0.15, -0.1) is 0 Å². The van der Waals surface area contributed by atoms with Crippen LogP contribution in [0.15, 0.2) is 30.3 Å². The molecule has 3 heteroatoms. The Labute approximate surface area is 110 Å². The number of hydrogen-bond donors (Lipinski definition) is 1. The first kappa shape index (κ1) is 13.5. The molecule has 1 aliphatic rings. The van der Waals surface area contributed by atoms with Crippen LogP contribution in [0.4, 0.5) is 0 Å². The van der Waals surface area contributed by atoms with E-state index in [1.165, 1.54) is 5.56 Å². The van der Waals surface area contributed by atoms with E-state index in [0.29, 0.717) is 12.1 Å². The molecule has 0 saturated carbocycles. The average Bonchev–Trinajstić information content (AvgIpc) is 2.76. The van der Waals surface area contributed by atoms with E-state index < -0.39 is 0 Å². The number of likely N-dealkylation sites (N-methyl/N-ethyl adjacent to an activating group) is 1. The molecule has 0 aliphatic carbocycles. The van der Waals surface area contributed by atoms with Gasteiger partial charge in [0, 0.05) is 25.2 Å². The summed E-state index contributed by atoms with van der Waals surface area (Å²) >= 11 is 0. The molecule has 0 bridgehead atoms. The fourth-order valence-corrected chi connectivity index (χ4v) is 2.79. The molecule has 18 heavy (non-hydrogen) atoms. The van der Waals surface area contributed by atoms with Gasteiger partial charge in [-0.25, -0.2) is 0 Å². The van der Waals surface area contributed by atoms with Gasteiger partial charge in [0.05, 0.1) is 6.10 Å². The Balaban J connectivity index is 1.82. The zero-order valence-corrected chi connectivity index (χ0v) is 11.4. The Morgan fingerprint density at radius 3 is 2.72 bits per heavy atom. The van der Waals surface area contributed by atoms with E-state index in [-0.39, 0.29) is 6.04 Å². The monoisotopic (exact) mass is 248 g/mol. The van der Waals surface area contributed by atoms with Crippen molar-refractivity contribution in [1.29, 1.82) is 0 Å². The largest absolute Gasteiger partial charge is 0.377 e. The quantitative estimate of drug-likeness (QED) is 0.861. The number of nitrogens with zero attached hydrogens (tertiary/aromatic N) is 1. The summed E-state index contributed by atoms with van der Waals surface area (Å²) in [6.45, 7) is 3.95. The highest BCUT2D eigenvalue weighted by Crippen LogP contribution is 2.18. The molecule has 2 rings (SSSR count). The second kappa shape index (κ2) is 6.32. The highest BCUT2D eigenvalue weighted by molar-refractivity contribution is 5.15. The van der Waals surface area contributed by atoms with E-state index >= 15 is 0 Å². The zero-order valence-electron chi connectivity index (χ0n) is 11.4. The van der Waals surface area contributed by atoms with Gasteiger partial charge in [0.15, 0.2) is 0 Å². The van der Waals surface area contributed by atoms with Crippen LogP contribution < -0.4 is 5.73 Å². The predicted octanol–water partition coefficient (Wildman–Crippen LogP) is 1.67.